The van der Waals surface area contributed by atoms with Crippen LogP contribution >= 0.6 is 11.6 Å². The first-order valence-corrected chi connectivity index (χ1v) is 10.3. The second kappa shape index (κ2) is 11.2. The molecule has 2 aromatic carbocycles. The molecule has 0 spiro atoms. The molecule has 0 unspecified atom stereocenters. The van der Waals surface area contributed by atoms with E-state index in [0.29, 0.717) is 0 Å². The van der Waals surface area contributed by atoms with Crippen molar-refractivity contribution >= 4 is 17.2 Å². The van der Waals surface area contributed by atoms with Gasteiger partial charge in [0.15, 0.2) is 0 Å². The van der Waals surface area contributed by atoms with Crippen molar-refractivity contribution in [1.82, 2.24) is 4.90 Å². The van der Waals surface area contributed by atoms with E-state index in [-0.39, 0.29) is 5.82 Å². The van der Waals surface area contributed by atoms with Crippen molar-refractivity contribution in [3.05, 3.63) is 87.7 Å². The van der Waals surface area contributed by atoms with Crippen LogP contribution in [0, 0.1) is 12.7 Å². The third-order valence-corrected chi connectivity index (χ3v) is 5.27. The predicted octanol–water partition coefficient (Wildman–Crippen LogP) is 7.09. The van der Waals surface area contributed by atoms with Crippen LogP contribution in [0.2, 0.25) is 5.02 Å². The molecule has 0 aromatic heterocycles. The normalized spacial score (nSPS) is 14.9. The number of aryl methyl sites for hydroxylation is 2. The molecule has 0 fully saturated rings. The van der Waals surface area contributed by atoms with Crippen molar-refractivity contribution in [2.75, 3.05) is 20.1 Å². The quantitative estimate of drug-likeness (QED) is 0.496. The van der Waals surface area contributed by atoms with Gasteiger partial charge >= 0.3 is 0 Å². The Morgan fingerprint density at radius 3 is 2.46 bits per heavy atom. The third-order valence-electron chi connectivity index (χ3n) is 5.04. The Hall–Kier alpha value is -1.90. The number of benzene rings is 2. The molecule has 150 valence electrons. The summed E-state index contributed by atoms with van der Waals surface area (Å²) in [6.45, 7) is 8.60. The van der Waals surface area contributed by atoms with Crippen LogP contribution in [0.3, 0.4) is 0 Å². The molecule has 0 radical (unpaired) electrons. The average Bonchev–Trinajstić information content (AvgIpc) is 2.66. The molecule has 1 aliphatic heterocycles. The topological polar surface area (TPSA) is 3.24 Å². The summed E-state index contributed by atoms with van der Waals surface area (Å²) in [5.41, 5.74) is 6.80. The maximum absolute atomic E-state index is 12.5. The molecule has 3 rings (SSSR count). The van der Waals surface area contributed by atoms with Crippen LogP contribution in [0.1, 0.15) is 43.4 Å². The molecule has 0 aliphatic carbocycles. The van der Waals surface area contributed by atoms with Crippen molar-refractivity contribution < 1.29 is 4.39 Å². The lowest BCUT2D eigenvalue weighted by molar-refractivity contribution is 0.359. The fourth-order valence-electron chi connectivity index (χ4n) is 3.45. The maximum atomic E-state index is 12.5. The second-order valence-electron chi connectivity index (χ2n) is 7.44. The lowest BCUT2D eigenvalue weighted by Crippen LogP contribution is -2.26. The Bertz CT molecular complexity index is 821. The average molecular weight is 400 g/mol. The third kappa shape index (κ3) is 6.92. The highest BCUT2D eigenvalue weighted by molar-refractivity contribution is 6.30. The fraction of sp³-hybridized carbons (Fsp3) is 0.360. The molecule has 1 nitrogen and oxygen atoms in total. The van der Waals surface area contributed by atoms with Gasteiger partial charge in [0.25, 0.3) is 0 Å². The summed E-state index contributed by atoms with van der Waals surface area (Å²) in [6, 6.07) is 12.8. The van der Waals surface area contributed by atoms with E-state index in [1.807, 2.05) is 31.2 Å². The Kier molecular flexibility index (Phi) is 8.95. The van der Waals surface area contributed by atoms with E-state index >= 15 is 0 Å². The summed E-state index contributed by atoms with van der Waals surface area (Å²) in [6.07, 6.45) is 7.29. The van der Waals surface area contributed by atoms with Crippen LogP contribution < -0.4 is 0 Å². The van der Waals surface area contributed by atoms with Gasteiger partial charge < -0.3 is 4.90 Å². The Morgan fingerprint density at radius 1 is 1.11 bits per heavy atom. The molecule has 2 aromatic rings. The van der Waals surface area contributed by atoms with Crippen molar-refractivity contribution in [1.29, 1.82) is 0 Å². The first-order valence-electron chi connectivity index (χ1n) is 9.90. The Morgan fingerprint density at radius 2 is 1.82 bits per heavy atom. The lowest BCUT2D eigenvalue weighted by atomic mass is 9.91. The number of nitrogens with zero attached hydrogens (tertiary/aromatic N) is 1. The van der Waals surface area contributed by atoms with Gasteiger partial charge in [0, 0.05) is 18.1 Å². The molecule has 1 aliphatic rings. The van der Waals surface area contributed by atoms with Crippen LogP contribution in [0.5, 0.6) is 0 Å². The molecule has 0 saturated carbocycles. The highest BCUT2D eigenvalue weighted by Gasteiger charge is 2.16. The Labute approximate surface area is 174 Å². The standard InChI is InChI=1S/C14H18ClN.C11H13F/c1-10-4-5-12(15)8-14(10)13-6-7-16(3)9-11(13)2;1-2-3-4-5-10-6-8-11(12)9-7-10/h4-5,8H,6-7,9H2,1-3H3;2-3,6-9H,4-5H2,1H3/b;3-2+. The summed E-state index contributed by atoms with van der Waals surface area (Å²) in [5, 5.41) is 0.833. The van der Waals surface area contributed by atoms with Crippen LogP contribution in [0.15, 0.2) is 60.2 Å². The molecule has 0 atom stereocenters. The highest BCUT2D eigenvalue weighted by Crippen LogP contribution is 2.30. The van der Waals surface area contributed by atoms with Crippen molar-refractivity contribution in [3.63, 3.8) is 0 Å². The van der Waals surface area contributed by atoms with E-state index in [1.54, 1.807) is 0 Å². The van der Waals surface area contributed by atoms with Crippen molar-refractivity contribution in [3.8, 4) is 0 Å². The molecule has 0 amide bonds. The molecule has 28 heavy (non-hydrogen) atoms. The van der Waals surface area contributed by atoms with Gasteiger partial charge in [0.1, 0.15) is 5.82 Å². The molecular weight excluding hydrogens is 369 g/mol. The van der Waals surface area contributed by atoms with Gasteiger partial charge in [-0.2, -0.15) is 0 Å². The predicted molar refractivity (Wildman–Crippen MR) is 120 cm³/mol. The van der Waals surface area contributed by atoms with Crippen LogP contribution in [0.25, 0.3) is 5.57 Å². The molecule has 0 N–H and O–H groups in total. The van der Waals surface area contributed by atoms with Gasteiger partial charge in [-0.3, -0.25) is 0 Å². The number of hydrogen-bond acceptors (Lipinski definition) is 1. The largest absolute Gasteiger partial charge is 0.302 e. The van der Waals surface area contributed by atoms with E-state index in [4.69, 9.17) is 11.6 Å². The number of hydrogen-bond donors (Lipinski definition) is 0. The fourth-order valence-corrected chi connectivity index (χ4v) is 3.62. The minimum absolute atomic E-state index is 0.162. The summed E-state index contributed by atoms with van der Waals surface area (Å²) < 4.78 is 12.5. The zero-order valence-electron chi connectivity index (χ0n) is 17.4. The zero-order chi connectivity index (χ0) is 20.5. The molecular formula is C25H31ClFN. The summed E-state index contributed by atoms with van der Waals surface area (Å²) >= 11 is 6.08. The van der Waals surface area contributed by atoms with E-state index in [9.17, 15) is 4.39 Å². The van der Waals surface area contributed by atoms with Gasteiger partial charge in [0.05, 0.1) is 0 Å². The van der Waals surface area contributed by atoms with Gasteiger partial charge in [0.2, 0.25) is 0 Å². The zero-order valence-corrected chi connectivity index (χ0v) is 18.2. The van der Waals surface area contributed by atoms with E-state index in [1.165, 1.54) is 40.0 Å². The smallest absolute Gasteiger partial charge is 0.123 e. The minimum Gasteiger partial charge on any atom is -0.302 e. The monoisotopic (exact) mass is 399 g/mol. The first-order chi connectivity index (χ1) is 13.4. The van der Waals surface area contributed by atoms with Crippen molar-refractivity contribution in [2.45, 2.75) is 40.0 Å². The molecule has 0 saturated heterocycles. The summed E-state index contributed by atoms with van der Waals surface area (Å²) in [5.74, 6) is -0.162. The SMILES string of the molecule is C/C=C/CCc1ccc(F)cc1.CC1=C(c2cc(Cl)ccc2C)CCN(C)C1. The van der Waals surface area contributed by atoms with Gasteiger partial charge in [-0.15, -0.1) is 0 Å². The number of likely N-dealkylation sites (N-methyl/N-ethyl adjacent to an activating group) is 1. The van der Waals surface area contributed by atoms with Gasteiger partial charge in [-0.05, 0) is 93.6 Å². The second-order valence-corrected chi connectivity index (χ2v) is 7.88. The molecule has 1 heterocycles. The number of allylic oxidation sites excluding steroid dienone is 2. The van der Waals surface area contributed by atoms with Gasteiger partial charge in [-0.25, -0.2) is 4.39 Å². The molecule has 0 bridgehead atoms. The van der Waals surface area contributed by atoms with Crippen LogP contribution in [0.4, 0.5) is 4.39 Å². The first kappa shape index (κ1) is 22.4. The maximum Gasteiger partial charge on any atom is 0.123 e. The number of rotatable bonds is 4. The lowest BCUT2D eigenvalue weighted by Gasteiger charge is -2.27. The minimum atomic E-state index is -0.162. The summed E-state index contributed by atoms with van der Waals surface area (Å²) in [4.78, 5) is 2.36. The van der Waals surface area contributed by atoms with E-state index in [0.717, 1.165) is 37.4 Å². The number of halogens is 2. The van der Waals surface area contributed by atoms with E-state index < -0.39 is 0 Å². The Balaban J connectivity index is 0.000000209. The van der Waals surface area contributed by atoms with Crippen molar-refractivity contribution in [2.24, 2.45) is 0 Å². The van der Waals surface area contributed by atoms with Gasteiger partial charge in [-0.1, -0.05) is 47.5 Å². The highest BCUT2D eigenvalue weighted by atomic mass is 35.5. The van der Waals surface area contributed by atoms with E-state index in [2.05, 4.69) is 44.0 Å². The van der Waals surface area contributed by atoms with Crippen LogP contribution in [-0.4, -0.2) is 25.0 Å². The molecule has 3 heteroatoms. The van der Waals surface area contributed by atoms with Crippen LogP contribution in [-0.2, 0) is 6.42 Å². The summed E-state index contributed by atoms with van der Waals surface area (Å²) in [7, 11) is 2.17.